The third kappa shape index (κ3) is 8.41. The molecule has 2 aliphatic heterocycles. The lowest BCUT2D eigenvalue weighted by atomic mass is 9.89. The molecular weight excluding hydrogens is 457 g/mol. The molecule has 2 unspecified atom stereocenters. The molecule has 1 N–H and O–H groups in total. The molecule has 2 aliphatic rings. The third-order valence-corrected chi connectivity index (χ3v) is 5.28. The predicted octanol–water partition coefficient (Wildman–Crippen LogP) is 3.29. The molecule has 0 amide bonds. The molecule has 0 spiro atoms. The minimum atomic E-state index is 0. The standard InChI is InChI=1S/C20H39N3O3.HI/c1-6-21-19(22-14-18(24-5)20(2,3)4)23-11-9-16(10-12-23)26-15-17-8-7-13-25-17;/h16-18H,6-15H2,1-5H3,(H,21,22);1H. The van der Waals surface area contributed by atoms with Crippen LogP contribution in [0.4, 0.5) is 0 Å². The van der Waals surface area contributed by atoms with Gasteiger partial charge in [-0.3, -0.25) is 4.99 Å². The molecule has 6 nitrogen and oxygen atoms in total. The van der Waals surface area contributed by atoms with Gasteiger partial charge in [0, 0.05) is 33.4 Å². The molecule has 0 bridgehead atoms. The zero-order valence-electron chi connectivity index (χ0n) is 17.8. The number of nitrogens with one attached hydrogen (secondary N) is 1. The van der Waals surface area contributed by atoms with Gasteiger partial charge in [0.2, 0.25) is 0 Å². The van der Waals surface area contributed by atoms with Gasteiger partial charge >= 0.3 is 0 Å². The minimum Gasteiger partial charge on any atom is -0.379 e. The Labute approximate surface area is 182 Å². The summed E-state index contributed by atoms with van der Waals surface area (Å²) in [6, 6.07) is 0. The predicted molar refractivity (Wildman–Crippen MR) is 121 cm³/mol. The van der Waals surface area contributed by atoms with E-state index in [9.17, 15) is 0 Å². The Kier molecular flexibility index (Phi) is 11.5. The topological polar surface area (TPSA) is 55.3 Å². The first-order valence-corrected chi connectivity index (χ1v) is 10.2. The molecule has 2 fully saturated rings. The average Bonchev–Trinajstić information content (AvgIpc) is 3.12. The van der Waals surface area contributed by atoms with Crippen LogP contribution in [0.1, 0.15) is 53.4 Å². The highest BCUT2D eigenvalue weighted by molar-refractivity contribution is 14.0. The SMILES string of the molecule is CCNC(=NCC(OC)C(C)(C)C)N1CCC(OCC2CCCO2)CC1.I. The summed E-state index contributed by atoms with van der Waals surface area (Å²) in [4.78, 5) is 7.21. The first kappa shape index (κ1) is 24.9. The Hall–Kier alpha value is -0.120. The van der Waals surface area contributed by atoms with Crippen LogP contribution in [0.3, 0.4) is 0 Å². The number of guanidine groups is 1. The summed E-state index contributed by atoms with van der Waals surface area (Å²) in [6.45, 7) is 13.9. The van der Waals surface area contributed by atoms with Crippen LogP contribution in [0.15, 0.2) is 4.99 Å². The first-order chi connectivity index (χ1) is 12.4. The molecule has 160 valence electrons. The molecule has 0 radical (unpaired) electrons. The maximum Gasteiger partial charge on any atom is 0.194 e. The van der Waals surface area contributed by atoms with Crippen molar-refractivity contribution >= 4 is 29.9 Å². The summed E-state index contributed by atoms with van der Waals surface area (Å²) in [5, 5.41) is 3.43. The summed E-state index contributed by atoms with van der Waals surface area (Å²) in [7, 11) is 1.77. The Balaban J connectivity index is 0.00000364. The Bertz CT molecular complexity index is 429. The maximum atomic E-state index is 6.08. The van der Waals surface area contributed by atoms with Gasteiger partial charge in [-0.15, -0.1) is 24.0 Å². The largest absolute Gasteiger partial charge is 0.379 e. The van der Waals surface area contributed by atoms with Gasteiger partial charge in [-0.05, 0) is 38.0 Å². The van der Waals surface area contributed by atoms with Crippen molar-refractivity contribution in [3.8, 4) is 0 Å². The van der Waals surface area contributed by atoms with Crippen LogP contribution in [0.2, 0.25) is 0 Å². The van der Waals surface area contributed by atoms with Gasteiger partial charge in [-0.1, -0.05) is 20.8 Å². The number of likely N-dealkylation sites (tertiary alicyclic amines) is 1. The van der Waals surface area contributed by atoms with E-state index in [1.54, 1.807) is 7.11 Å². The fraction of sp³-hybridized carbons (Fsp3) is 0.950. The quantitative estimate of drug-likeness (QED) is 0.333. The van der Waals surface area contributed by atoms with E-state index in [0.29, 0.717) is 18.8 Å². The van der Waals surface area contributed by atoms with Crippen molar-refractivity contribution in [1.29, 1.82) is 0 Å². The Morgan fingerprint density at radius 1 is 1.26 bits per heavy atom. The van der Waals surface area contributed by atoms with Gasteiger partial charge in [0.15, 0.2) is 5.96 Å². The number of hydrogen-bond acceptors (Lipinski definition) is 4. The van der Waals surface area contributed by atoms with Crippen LogP contribution in [-0.2, 0) is 14.2 Å². The number of rotatable bonds is 7. The molecule has 2 heterocycles. The smallest absolute Gasteiger partial charge is 0.194 e. The molecule has 2 rings (SSSR count). The molecule has 7 heteroatoms. The van der Waals surface area contributed by atoms with Gasteiger partial charge in [0.25, 0.3) is 0 Å². The number of nitrogens with zero attached hydrogens (tertiary/aromatic N) is 2. The molecule has 0 aromatic rings. The lowest BCUT2D eigenvalue weighted by Crippen LogP contribution is -2.47. The number of aliphatic imine (C=N–C) groups is 1. The number of methoxy groups -OCH3 is 1. The van der Waals surface area contributed by atoms with E-state index >= 15 is 0 Å². The van der Waals surface area contributed by atoms with Crippen LogP contribution < -0.4 is 5.32 Å². The van der Waals surface area contributed by atoms with Crippen LogP contribution >= 0.6 is 24.0 Å². The monoisotopic (exact) mass is 497 g/mol. The van der Waals surface area contributed by atoms with Crippen LogP contribution in [0.25, 0.3) is 0 Å². The second-order valence-electron chi connectivity index (χ2n) is 8.44. The average molecular weight is 497 g/mol. The van der Waals surface area contributed by atoms with Gasteiger partial charge < -0.3 is 24.4 Å². The molecule has 0 saturated carbocycles. The van der Waals surface area contributed by atoms with Crippen molar-refractivity contribution < 1.29 is 14.2 Å². The van der Waals surface area contributed by atoms with Gasteiger partial charge in [-0.25, -0.2) is 0 Å². The van der Waals surface area contributed by atoms with Gasteiger partial charge in [0.05, 0.1) is 31.5 Å². The molecule has 0 aromatic heterocycles. The number of halogens is 1. The van der Waals surface area contributed by atoms with Crippen molar-refractivity contribution in [3.05, 3.63) is 0 Å². The number of ether oxygens (including phenoxy) is 3. The van der Waals surface area contributed by atoms with Crippen LogP contribution in [-0.4, -0.2) is 75.7 Å². The maximum absolute atomic E-state index is 6.08. The lowest BCUT2D eigenvalue weighted by molar-refractivity contribution is -0.0367. The highest BCUT2D eigenvalue weighted by Crippen LogP contribution is 2.22. The summed E-state index contributed by atoms with van der Waals surface area (Å²) in [6.07, 6.45) is 5.18. The van der Waals surface area contributed by atoms with Crippen molar-refractivity contribution in [2.24, 2.45) is 10.4 Å². The van der Waals surface area contributed by atoms with E-state index < -0.39 is 0 Å². The zero-order chi connectivity index (χ0) is 19.0. The normalized spacial score (nSPS) is 23.2. The van der Waals surface area contributed by atoms with E-state index in [-0.39, 0.29) is 35.5 Å². The molecule has 27 heavy (non-hydrogen) atoms. The van der Waals surface area contributed by atoms with Crippen molar-refractivity contribution in [1.82, 2.24) is 10.2 Å². The van der Waals surface area contributed by atoms with E-state index in [0.717, 1.165) is 58.1 Å². The van der Waals surface area contributed by atoms with E-state index in [1.807, 2.05) is 0 Å². The summed E-state index contributed by atoms with van der Waals surface area (Å²) < 4.78 is 17.4. The number of hydrogen-bond donors (Lipinski definition) is 1. The summed E-state index contributed by atoms with van der Waals surface area (Å²) in [5.41, 5.74) is 0.0821. The van der Waals surface area contributed by atoms with Crippen LogP contribution in [0.5, 0.6) is 0 Å². The second-order valence-corrected chi connectivity index (χ2v) is 8.44. The molecular formula is C20H40IN3O3. The van der Waals surface area contributed by atoms with Crippen molar-refractivity contribution in [3.63, 3.8) is 0 Å². The van der Waals surface area contributed by atoms with Crippen molar-refractivity contribution in [2.75, 3.05) is 46.5 Å². The van der Waals surface area contributed by atoms with E-state index in [2.05, 4.69) is 37.9 Å². The zero-order valence-corrected chi connectivity index (χ0v) is 20.2. The van der Waals surface area contributed by atoms with Crippen LogP contribution in [0, 0.1) is 5.41 Å². The third-order valence-electron chi connectivity index (χ3n) is 5.28. The molecule has 2 saturated heterocycles. The van der Waals surface area contributed by atoms with Gasteiger partial charge in [-0.2, -0.15) is 0 Å². The number of piperidine rings is 1. The molecule has 2 atom stereocenters. The lowest BCUT2D eigenvalue weighted by Gasteiger charge is -2.35. The first-order valence-electron chi connectivity index (χ1n) is 10.2. The highest BCUT2D eigenvalue weighted by Gasteiger charge is 2.26. The minimum absolute atomic E-state index is 0. The second kappa shape index (κ2) is 12.4. The fourth-order valence-corrected chi connectivity index (χ4v) is 3.55. The van der Waals surface area contributed by atoms with E-state index in [1.165, 1.54) is 6.42 Å². The fourth-order valence-electron chi connectivity index (χ4n) is 3.55. The van der Waals surface area contributed by atoms with Gasteiger partial charge in [0.1, 0.15) is 0 Å². The van der Waals surface area contributed by atoms with Crippen molar-refractivity contribution in [2.45, 2.75) is 71.7 Å². The summed E-state index contributed by atoms with van der Waals surface area (Å²) >= 11 is 0. The Morgan fingerprint density at radius 3 is 2.48 bits per heavy atom. The molecule has 0 aliphatic carbocycles. The Morgan fingerprint density at radius 2 is 1.96 bits per heavy atom. The molecule has 0 aromatic carbocycles. The van der Waals surface area contributed by atoms with E-state index in [4.69, 9.17) is 19.2 Å². The summed E-state index contributed by atoms with van der Waals surface area (Å²) in [5.74, 6) is 0.997. The highest BCUT2D eigenvalue weighted by atomic mass is 127.